The summed E-state index contributed by atoms with van der Waals surface area (Å²) in [5.41, 5.74) is 2.45. The monoisotopic (exact) mass is 268 g/mol. The van der Waals surface area contributed by atoms with Gasteiger partial charge in [-0.15, -0.1) is 0 Å². The van der Waals surface area contributed by atoms with E-state index in [4.69, 9.17) is 0 Å². The average molecular weight is 268 g/mol. The Morgan fingerprint density at radius 1 is 1.20 bits per heavy atom. The molecule has 2 saturated carbocycles. The Labute approximate surface area is 119 Å². The zero-order chi connectivity index (χ0) is 13.6. The van der Waals surface area contributed by atoms with Gasteiger partial charge in [0.05, 0.1) is 0 Å². The highest BCUT2D eigenvalue weighted by Gasteiger charge is 2.48. The number of benzene rings is 1. The van der Waals surface area contributed by atoms with Gasteiger partial charge in [-0.2, -0.15) is 0 Å². The maximum Gasteiger partial charge on any atom is 0.319 e. The van der Waals surface area contributed by atoms with Crippen LogP contribution in [0.4, 0.5) is 10.5 Å². The van der Waals surface area contributed by atoms with E-state index in [0.29, 0.717) is 5.92 Å². The van der Waals surface area contributed by atoms with Crippen molar-refractivity contribution in [2.75, 3.05) is 5.32 Å². The van der Waals surface area contributed by atoms with Gasteiger partial charge in [0, 0.05) is 11.2 Å². The van der Waals surface area contributed by atoms with E-state index < -0.39 is 0 Å². The zero-order valence-electron chi connectivity index (χ0n) is 11.6. The van der Waals surface area contributed by atoms with Crippen molar-refractivity contribution in [3.05, 3.63) is 42.0 Å². The van der Waals surface area contributed by atoms with Crippen LogP contribution in [0.3, 0.4) is 0 Å². The normalized spacial score (nSPS) is 33.7. The van der Waals surface area contributed by atoms with Gasteiger partial charge in [0.15, 0.2) is 0 Å². The first kappa shape index (κ1) is 12.0. The van der Waals surface area contributed by atoms with Crippen LogP contribution in [0.25, 0.3) is 0 Å². The predicted molar refractivity (Wildman–Crippen MR) is 79.5 cm³/mol. The zero-order valence-corrected chi connectivity index (χ0v) is 11.6. The van der Waals surface area contributed by atoms with Crippen molar-refractivity contribution in [2.24, 2.45) is 11.8 Å². The molecule has 1 aromatic carbocycles. The number of hydrogen-bond acceptors (Lipinski definition) is 1. The van der Waals surface area contributed by atoms with Gasteiger partial charge in [0.1, 0.15) is 0 Å². The van der Waals surface area contributed by atoms with Crippen LogP contribution in [0.15, 0.2) is 42.0 Å². The number of amides is 2. The highest BCUT2D eigenvalue weighted by molar-refractivity contribution is 5.89. The Morgan fingerprint density at radius 2 is 2.05 bits per heavy atom. The van der Waals surface area contributed by atoms with Crippen molar-refractivity contribution in [2.45, 2.75) is 37.6 Å². The summed E-state index contributed by atoms with van der Waals surface area (Å²) in [6, 6.07) is 9.60. The fourth-order valence-electron chi connectivity index (χ4n) is 4.57. The van der Waals surface area contributed by atoms with Gasteiger partial charge in [0.25, 0.3) is 0 Å². The molecule has 3 nitrogen and oxygen atoms in total. The molecule has 3 unspecified atom stereocenters. The van der Waals surface area contributed by atoms with Crippen molar-refractivity contribution < 1.29 is 4.79 Å². The Bertz CT molecular complexity index is 566. The standard InChI is InChI=1S/C17H20N2O/c20-16(18-15-4-2-1-3-5-15)19-17-9-12-6-13(10-17)8-14(7-12)11-17/h1-6,12,14H,7-11H2,(H2,18,19,20). The number of urea groups is 1. The molecule has 0 aromatic heterocycles. The number of hydrogen-bond donors (Lipinski definition) is 2. The van der Waals surface area contributed by atoms with Crippen LogP contribution in [0.5, 0.6) is 0 Å². The predicted octanol–water partition coefficient (Wildman–Crippen LogP) is 3.70. The molecular weight excluding hydrogens is 248 g/mol. The Hall–Kier alpha value is -1.77. The number of carbonyl (C=O) groups is 1. The van der Waals surface area contributed by atoms with Gasteiger partial charge in [-0.25, -0.2) is 4.79 Å². The van der Waals surface area contributed by atoms with Gasteiger partial charge in [-0.3, -0.25) is 0 Å². The van der Waals surface area contributed by atoms with E-state index in [-0.39, 0.29) is 11.6 Å². The number of allylic oxidation sites excluding steroid dienone is 1. The van der Waals surface area contributed by atoms with Crippen LogP contribution in [-0.4, -0.2) is 11.6 Å². The van der Waals surface area contributed by atoms with Crippen LogP contribution in [0.2, 0.25) is 0 Å². The third-order valence-electron chi connectivity index (χ3n) is 4.97. The lowest BCUT2D eigenvalue weighted by atomic mass is 9.57. The lowest BCUT2D eigenvalue weighted by Crippen LogP contribution is -2.58. The second kappa shape index (κ2) is 4.37. The Morgan fingerprint density at radius 3 is 2.80 bits per heavy atom. The second-order valence-electron chi connectivity index (χ2n) is 6.70. The molecule has 4 aliphatic carbocycles. The fourth-order valence-corrected chi connectivity index (χ4v) is 4.57. The molecule has 5 rings (SSSR count). The highest BCUT2D eigenvalue weighted by atomic mass is 16.2. The summed E-state index contributed by atoms with van der Waals surface area (Å²) in [4.78, 5) is 12.3. The van der Waals surface area contributed by atoms with Crippen LogP contribution < -0.4 is 10.6 Å². The number of nitrogens with one attached hydrogen (secondary N) is 2. The minimum Gasteiger partial charge on any atom is -0.332 e. The highest BCUT2D eigenvalue weighted by Crippen LogP contribution is 2.52. The first-order chi connectivity index (χ1) is 9.71. The first-order valence-corrected chi connectivity index (χ1v) is 7.55. The third-order valence-corrected chi connectivity index (χ3v) is 4.97. The molecule has 0 spiro atoms. The van der Waals surface area contributed by atoms with Crippen molar-refractivity contribution in [1.29, 1.82) is 0 Å². The summed E-state index contributed by atoms with van der Waals surface area (Å²) < 4.78 is 0. The van der Waals surface area contributed by atoms with E-state index in [1.165, 1.54) is 12.8 Å². The molecule has 20 heavy (non-hydrogen) atoms. The number of carbonyl (C=O) groups excluding carboxylic acids is 1. The Balaban J connectivity index is 1.47. The first-order valence-electron chi connectivity index (χ1n) is 7.55. The van der Waals surface area contributed by atoms with E-state index in [9.17, 15) is 4.79 Å². The van der Waals surface area contributed by atoms with Gasteiger partial charge in [-0.05, 0) is 56.1 Å². The minimum absolute atomic E-state index is 0.0226. The van der Waals surface area contributed by atoms with Crippen molar-refractivity contribution >= 4 is 11.7 Å². The molecule has 2 amide bonds. The molecule has 0 aliphatic heterocycles. The number of anilines is 1. The van der Waals surface area contributed by atoms with Gasteiger partial charge >= 0.3 is 6.03 Å². The topological polar surface area (TPSA) is 41.1 Å². The van der Waals surface area contributed by atoms with Crippen molar-refractivity contribution in [3.63, 3.8) is 0 Å². The molecule has 0 radical (unpaired) electrons. The summed E-state index contributed by atoms with van der Waals surface area (Å²) in [5, 5.41) is 6.23. The molecule has 3 atom stereocenters. The molecule has 104 valence electrons. The molecular formula is C17H20N2O. The maximum absolute atomic E-state index is 12.3. The van der Waals surface area contributed by atoms with Gasteiger partial charge < -0.3 is 10.6 Å². The summed E-state index contributed by atoms with van der Waals surface area (Å²) in [5.74, 6) is 1.49. The fraction of sp³-hybridized carbons (Fsp3) is 0.471. The lowest BCUT2D eigenvalue weighted by molar-refractivity contribution is 0.110. The summed E-state index contributed by atoms with van der Waals surface area (Å²) >= 11 is 0. The molecule has 2 fully saturated rings. The molecule has 3 heteroatoms. The Kier molecular flexibility index (Phi) is 2.62. The molecule has 0 heterocycles. The SMILES string of the molecule is O=C(Nc1ccccc1)NC12CC3=CC(CC(C3)C1)C2. The van der Waals surface area contributed by atoms with E-state index in [2.05, 4.69) is 16.7 Å². The van der Waals surface area contributed by atoms with E-state index in [0.717, 1.165) is 30.9 Å². The molecule has 1 aromatic rings. The molecule has 4 bridgehead atoms. The summed E-state index contributed by atoms with van der Waals surface area (Å²) in [6.45, 7) is 0. The van der Waals surface area contributed by atoms with Crippen LogP contribution in [0.1, 0.15) is 32.1 Å². The largest absolute Gasteiger partial charge is 0.332 e. The lowest BCUT2D eigenvalue weighted by Gasteiger charge is -2.52. The smallest absolute Gasteiger partial charge is 0.319 e. The van der Waals surface area contributed by atoms with Crippen LogP contribution in [-0.2, 0) is 0 Å². The van der Waals surface area contributed by atoms with E-state index >= 15 is 0 Å². The van der Waals surface area contributed by atoms with E-state index in [1.54, 1.807) is 5.57 Å². The number of para-hydroxylation sites is 1. The molecule has 0 saturated heterocycles. The summed E-state index contributed by atoms with van der Waals surface area (Å²) in [6.07, 6.45) is 8.39. The van der Waals surface area contributed by atoms with Crippen molar-refractivity contribution in [1.82, 2.24) is 5.32 Å². The number of rotatable bonds is 2. The quantitative estimate of drug-likeness (QED) is 0.789. The molecule has 2 N–H and O–H groups in total. The molecule has 4 aliphatic rings. The maximum atomic E-state index is 12.3. The van der Waals surface area contributed by atoms with Crippen LogP contribution >= 0.6 is 0 Å². The van der Waals surface area contributed by atoms with Gasteiger partial charge in [-0.1, -0.05) is 29.8 Å². The van der Waals surface area contributed by atoms with E-state index in [1.807, 2.05) is 30.3 Å². The second-order valence-corrected chi connectivity index (χ2v) is 6.70. The van der Waals surface area contributed by atoms with Crippen LogP contribution in [0, 0.1) is 11.8 Å². The third kappa shape index (κ3) is 2.11. The van der Waals surface area contributed by atoms with Crippen molar-refractivity contribution in [3.8, 4) is 0 Å². The minimum atomic E-state index is -0.0567. The van der Waals surface area contributed by atoms with Gasteiger partial charge in [0.2, 0.25) is 0 Å². The average Bonchev–Trinajstić information content (AvgIpc) is 2.37. The summed E-state index contributed by atoms with van der Waals surface area (Å²) in [7, 11) is 0.